The van der Waals surface area contributed by atoms with Crippen molar-refractivity contribution in [3.63, 3.8) is 0 Å². The highest BCUT2D eigenvalue weighted by atomic mass is 19.3. The van der Waals surface area contributed by atoms with Gasteiger partial charge in [0.1, 0.15) is 0 Å². The molecule has 0 atom stereocenters. The van der Waals surface area contributed by atoms with Crippen LogP contribution in [-0.4, -0.2) is 31.7 Å². The minimum absolute atomic E-state index is 1.48. The van der Waals surface area contributed by atoms with Gasteiger partial charge in [-0.2, -0.15) is 17.6 Å². The van der Waals surface area contributed by atoms with Gasteiger partial charge >= 0.3 is 18.4 Å². The van der Waals surface area contributed by atoms with Crippen molar-refractivity contribution < 1.29 is 40.6 Å². The van der Waals surface area contributed by atoms with E-state index in [2.05, 4.69) is 9.47 Å². The molecule has 0 saturated heterocycles. The Morgan fingerprint density at radius 2 is 1.19 bits per heavy atom. The van der Waals surface area contributed by atoms with Crippen LogP contribution in [0.15, 0.2) is 0 Å². The highest BCUT2D eigenvalue weighted by Crippen LogP contribution is 2.25. The molecular formula is C7H8F6O3. The molecule has 0 saturated carbocycles. The number of rotatable bonds is 6. The second-order valence-corrected chi connectivity index (χ2v) is 2.61. The number of halogens is 6. The van der Waals surface area contributed by atoms with E-state index in [1.54, 1.807) is 0 Å². The number of ether oxygens (including phenoxy) is 2. The Hall–Kier alpha value is -1.15. The van der Waals surface area contributed by atoms with Gasteiger partial charge in [-0.15, -0.1) is 0 Å². The molecule has 0 aromatic carbocycles. The van der Waals surface area contributed by atoms with E-state index in [0.29, 0.717) is 0 Å². The van der Waals surface area contributed by atoms with Crippen LogP contribution in [0.4, 0.5) is 31.1 Å². The van der Waals surface area contributed by atoms with Crippen LogP contribution in [0.3, 0.4) is 0 Å². The highest BCUT2D eigenvalue weighted by molar-refractivity contribution is 5.60. The van der Waals surface area contributed by atoms with Gasteiger partial charge in [0.25, 0.3) is 0 Å². The third-order valence-corrected chi connectivity index (χ3v) is 1.24. The van der Waals surface area contributed by atoms with E-state index in [1.807, 2.05) is 0 Å². The van der Waals surface area contributed by atoms with Crippen LogP contribution in [0, 0.1) is 0 Å². The summed E-state index contributed by atoms with van der Waals surface area (Å²) in [4.78, 5) is 10.4. The Labute approximate surface area is 86.3 Å². The minimum Gasteiger partial charge on any atom is -0.368 e. The number of carbonyl (C=O) groups excluding carboxylic acids is 1. The molecule has 0 aliphatic heterocycles. The van der Waals surface area contributed by atoms with Gasteiger partial charge in [-0.05, 0) is 0 Å². The Morgan fingerprint density at radius 3 is 1.44 bits per heavy atom. The lowest BCUT2D eigenvalue weighted by Gasteiger charge is -2.18. The summed E-state index contributed by atoms with van der Waals surface area (Å²) in [5.74, 6) is 0. The first-order chi connectivity index (χ1) is 7.22. The summed E-state index contributed by atoms with van der Waals surface area (Å²) in [7, 11) is 0. The van der Waals surface area contributed by atoms with E-state index in [1.165, 1.54) is 0 Å². The third-order valence-electron chi connectivity index (χ3n) is 1.24. The van der Waals surface area contributed by atoms with E-state index in [0.717, 1.165) is 0 Å². The van der Waals surface area contributed by atoms with Gasteiger partial charge in [0.15, 0.2) is 0 Å². The van der Waals surface area contributed by atoms with Crippen LogP contribution in [0.5, 0.6) is 0 Å². The first kappa shape index (κ1) is 14.8. The second-order valence-electron chi connectivity index (χ2n) is 2.61. The smallest absolute Gasteiger partial charge is 0.368 e. The lowest BCUT2D eigenvalue weighted by molar-refractivity contribution is -0.260. The average Bonchev–Trinajstić information content (AvgIpc) is 1.99. The van der Waals surface area contributed by atoms with Crippen molar-refractivity contribution in [2.45, 2.75) is 25.1 Å². The van der Waals surface area contributed by atoms with E-state index in [-0.39, 0.29) is 0 Å². The summed E-state index contributed by atoms with van der Waals surface area (Å²) in [6.07, 6.45) is -13.8. The minimum atomic E-state index is -4.24. The molecule has 0 unspecified atom stereocenters. The molecule has 3 nitrogen and oxygen atoms in total. The summed E-state index contributed by atoms with van der Waals surface area (Å²) in [6.45, 7) is -3.03. The van der Waals surface area contributed by atoms with Crippen LogP contribution in [0.25, 0.3) is 0 Å². The maximum absolute atomic E-state index is 12.4. The van der Waals surface area contributed by atoms with Crippen LogP contribution in [0.1, 0.15) is 12.8 Å². The maximum atomic E-state index is 12.4. The van der Waals surface area contributed by atoms with Crippen molar-refractivity contribution in [2.24, 2.45) is 0 Å². The van der Waals surface area contributed by atoms with Crippen molar-refractivity contribution in [1.82, 2.24) is 0 Å². The molecule has 0 aliphatic carbocycles. The van der Waals surface area contributed by atoms with E-state index in [4.69, 9.17) is 0 Å². The Bertz CT molecular complexity index is 210. The zero-order valence-corrected chi connectivity index (χ0v) is 7.82. The van der Waals surface area contributed by atoms with Gasteiger partial charge in [-0.1, -0.05) is 0 Å². The molecule has 0 aromatic rings. The molecule has 0 aromatic heterocycles. The van der Waals surface area contributed by atoms with E-state index < -0.39 is 44.6 Å². The highest BCUT2D eigenvalue weighted by Gasteiger charge is 2.40. The third kappa shape index (κ3) is 6.36. The standard InChI is InChI=1S/C7H8F6O3/c8-3-1-6(10,11)15-5(14)16-7(12,13)2-4-9/h1-4H2. The number of carbonyl (C=O) groups is 1. The largest absolute Gasteiger partial charge is 0.517 e. The monoisotopic (exact) mass is 254 g/mol. The van der Waals surface area contributed by atoms with E-state index >= 15 is 0 Å². The molecule has 0 N–H and O–H groups in total. The zero-order valence-electron chi connectivity index (χ0n) is 7.82. The van der Waals surface area contributed by atoms with Gasteiger partial charge in [-0.25, -0.2) is 4.79 Å². The lowest BCUT2D eigenvalue weighted by Crippen LogP contribution is -2.32. The molecule has 0 radical (unpaired) electrons. The first-order valence-electron chi connectivity index (χ1n) is 4.02. The molecule has 0 heterocycles. The molecule has 0 fully saturated rings. The van der Waals surface area contributed by atoms with Gasteiger partial charge in [-0.3, -0.25) is 8.78 Å². The van der Waals surface area contributed by atoms with Crippen LogP contribution in [0.2, 0.25) is 0 Å². The molecular weight excluding hydrogens is 246 g/mol. The molecule has 0 rings (SSSR count). The number of alkyl halides is 6. The normalized spacial score (nSPS) is 12.4. The molecule has 0 aliphatic rings. The van der Waals surface area contributed by atoms with Crippen molar-refractivity contribution in [2.75, 3.05) is 13.3 Å². The molecule has 0 spiro atoms. The van der Waals surface area contributed by atoms with Crippen molar-refractivity contribution in [3.8, 4) is 0 Å². The topological polar surface area (TPSA) is 35.5 Å². The van der Waals surface area contributed by atoms with Gasteiger partial charge in [0.2, 0.25) is 0 Å². The fourth-order valence-electron chi connectivity index (χ4n) is 0.587. The zero-order chi connectivity index (χ0) is 12.8. The fraction of sp³-hybridized carbons (Fsp3) is 0.857. The average molecular weight is 254 g/mol. The Balaban J connectivity index is 4.17. The van der Waals surface area contributed by atoms with Crippen molar-refractivity contribution in [3.05, 3.63) is 0 Å². The molecule has 0 amide bonds. The second kappa shape index (κ2) is 5.80. The molecule has 16 heavy (non-hydrogen) atoms. The quantitative estimate of drug-likeness (QED) is 0.539. The maximum Gasteiger partial charge on any atom is 0.517 e. The van der Waals surface area contributed by atoms with Gasteiger partial charge in [0.05, 0.1) is 26.2 Å². The van der Waals surface area contributed by atoms with Crippen LogP contribution in [-0.2, 0) is 9.47 Å². The van der Waals surface area contributed by atoms with Gasteiger partial charge in [0, 0.05) is 0 Å². The number of hydrogen-bond acceptors (Lipinski definition) is 3. The summed E-state index contributed by atoms with van der Waals surface area (Å²) in [5, 5.41) is 0. The predicted molar refractivity (Wildman–Crippen MR) is 38.6 cm³/mol. The lowest BCUT2D eigenvalue weighted by atomic mass is 10.4. The summed E-state index contributed by atoms with van der Waals surface area (Å²) < 4.78 is 78.6. The summed E-state index contributed by atoms with van der Waals surface area (Å²) in [5.41, 5.74) is 0. The van der Waals surface area contributed by atoms with Crippen LogP contribution < -0.4 is 0 Å². The summed E-state index contributed by atoms with van der Waals surface area (Å²) in [6, 6.07) is 0. The SMILES string of the molecule is O=C(OC(F)(F)CCF)OC(F)(F)CCF. The first-order valence-corrected chi connectivity index (χ1v) is 4.02. The predicted octanol–water partition coefficient (Wildman–Crippen LogP) is 3.04. The van der Waals surface area contributed by atoms with Crippen molar-refractivity contribution >= 4 is 6.16 Å². The molecule has 96 valence electrons. The Morgan fingerprint density at radius 1 is 0.875 bits per heavy atom. The fourth-order valence-corrected chi connectivity index (χ4v) is 0.587. The Kier molecular flexibility index (Phi) is 5.39. The molecule has 9 heteroatoms. The van der Waals surface area contributed by atoms with Crippen LogP contribution >= 0.6 is 0 Å². The summed E-state index contributed by atoms with van der Waals surface area (Å²) >= 11 is 0. The van der Waals surface area contributed by atoms with E-state index in [9.17, 15) is 31.1 Å². The molecule has 0 bridgehead atoms. The van der Waals surface area contributed by atoms with Gasteiger partial charge < -0.3 is 9.47 Å². The number of hydrogen-bond donors (Lipinski definition) is 0. The van der Waals surface area contributed by atoms with Crippen molar-refractivity contribution in [1.29, 1.82) is 0 Å².